The number of aromatic nitrogens is 3. The molecule has 1 fully saturated rings. The van der Waals surface area contributed by atoms with Crippen LogP contribution >= 0.6 is 38.5 Å². The van der Waals surface area contributed by atoms with Gasteiger partial charge in [0.25, 0.3) is 0 Å². The molecule has 1 aromatic carbocycles. The molecule has 1 saturated carbocycles. The third-order valence-corrected chi connectivity index (χ3v) is 5.15. The van der Waals surface area contributed by atoms with Crippen LogP contribution < -0.4 is 0 Å². The number of rotatable bonds is 2. The second-order valence-electron chi connectivity index (χ2n) is 3.94. The van der Waals surface area contributed by atoms with Crippen LogP contribution in [0.2, 0.25) is 0 Å². The third kappa shape index (κ3) is 1.80. The van der Waals surface area contributed by atoms with Crippen LogP contribution in [0.1, 0.15) is 12.8 Å². The van der Waals surface area contributed by atoms with Gasteiger partial charge < -0.3 is 0 Å². The molecule has 0 N–H and O–H groups in total. The maximum Gasteiger partial charge on any atom is 0.128 e. The summed E-state index contributed by atoms with van der Waals surface area (Å²) in [7, 11) is 0. The number of hydrogen-bond donors (Lipinski definition) is 0. The molecule has 5 heteroatoms. The van der Waals surface area contributed by atoms with Crippen LogP contribution in [0.5, 0.6) is 0 Å². The molecule has 15 heavy (non-hydrogen) atoms. The molecule has 0 aliphatic heterocycles. The fourth-order valence-electron chi connectivity index (χ4n) is 1.66. The molecule has 1 aliphatic carbocycles. The summed E-state index contributed by atoms with van der Waals surface area (Å²) in [6, 6.07) is 4.20. The first-order valence-electron chi connectivity index (χ1n) is 4.93. The minimum absolute atomic E-state index is 0.827. The van der Waals surface area contributed by atoms with E-state index in [9.17, 15) is 0 Å². The fourth-order valence-corrected chi connectivity index (χ4v) is 2.51. The van der Waals surface area contributed by atoms with Crippen LogP contribution in [-0.4, -0.2) is 15.0 Å². The molecular weight excluding hydrogens is 369 g/mol. The molecule has 1 aromatic heterocycles. The maximum atomic E-state index is 4.22. The minimum Gasteiger partial charge on any atom is -0.244 e. The first-order valence-corrected chi connectivity index (χ1v) is 6.80. The van der Waals surface area contributed by atoms with E-state index in [1.54, 1.807) is 0 Å². The Morgan fingerprint density at radius 2 is 2.27 bits per heavy atom. The topological polar surface area (TPSA) is 30.7 Å². The molecule has 78 valence electrons. The van der Waals surface area contributed by atoms with Gasteiger partial charge in [-0.15, -0.1) is 5.10 Å². The van der Waals surface area contributed by atoms with Crippen LogP contribution in [0, 0.1) is 9.49 Å². The van der Waals surface area contributed by atoms with E-state index in [2.05, 4.69) is 61.0 Å². The maximum absolute atomic E-state index is 4.22. The van der Waals surface area contributed by atoms with Crippen molar-refractivity contribution in [3.8, 4) is 0 Å². The predicted molar refractivity (Wildman–Crippen MR) is 70.7 cm³/mol. The highest BCUT2D eigenvalue weighted by molar-refractivity contribution is 14.1. The molecule has 1 aliphatic rings. The Kier molecular flexibility index (Phi) is 2.47. The van der Waals surface area contributed by atoms with Crippen LogP contribution in [0.4, 0.5) is 0 Å². The van der Waals surface area contributed by atoms with Crippen molar-refractivity contribution >= 4 is 49.6 Å². The molecule has 2 aromatic rings. The molecule has 0 saturated heterocycles. The summed E-state index contributed by atoms with van der Waals surface area (Å²) in [5.41, 5.74) is 2.11. The molecule has 0 radical (unpaired) electrons. The number of benzene rings is 1. The zero-order valence-corrected chi connectivity index (χ0v) is 11.7. The Balaban J connectivity index is 2.12. The summed E-state index contributed by atoms with van der Waals surface area (Å²) in [4.78, 5) is 0. The van der Waals surface area contributed by atoms with Crippen molar-refractivity contribution in [1.82, 2.24) is 15.0 Å². The minimum atomic E-state index is 0.827. The molecule has 0 atom stereocenters. The summed E-state index contributed by atoms with van der Waals surface area (Å²) in [6.07, 6.45) is 2.68. The lowest BCUT2D eigenvalue weighted by Gasteiger charge is -2.00. The number of fused-ring (bicyclic) bond motifs is 1. The molecule has 3 nitrogen and oxygen atoms in total. The van der Waals surface area contributed by atoms with Crippen LogP contribution in [0.25, 0.3) is 11.0 Å². The van der Waals surface area contributed by atoms with E-state index in [-0.39, 0.29) is 0 Å². The van der Waals surface area contributed by atoms with Gasteiger partial charge in [-0.1, -0.05) is 5.21 Å². The van der Waals surface area contributed by atoms with Gasteiger partial charge in [-0.2, -0.15) is 0 Å². The van der Waals surface area contributed by atoms with Crippen molar-refractivity contribution in [2.75, 3.05) is 0 Å². The lowest BCUT2D eigenvalue weighted by molar-refractivity contribution is 0.559. The Hall–Kier alpha value is -0.170. The average Bonchev–Trinajstić information content (AvgIpc) is 2.93. The predicted octanol–water partition coefficient (Wildman–Crippen LogP) is 3.21. The zero-order valence-electron chi connectivity index (χ0n) is 7.95. The molecular formula is C10H9BrIN3. The summed E-state index contributed by atoms with van der Waals surface area (Å²) in [5, 5.41) is 8.43. The smallest absolute Gasteiger partial charge is 0.128 e. The van der Waals surface area contributed by atoms with Crippen LogP contribution in [-0.2, 0) is 6.54 Å². The highest BCUT2D eigenvalue weighted by Gasteiger charge is 2.23. The third-order valence-electron chi connectivity index (χ3n) is 2.71. The van der Waals surface area contributed by atoms with Gasteiger partial charge in [-0.25, -0.2) is 4.68 Å². The Labute approximate surface area is 109 Å². The summed E-state index contributed by atoms with van der Waals surface area (Å²) < 4.78 is 4.26. The normalized spacial score (nSPS) is 16.1. The Bertz CT molecular complexity index is 519. The van der Waals surface area contributed by atoms with Gasteiger partial charge in [-0.3, -0.25) is 0 Å². The van der Waals surface area contributed by atoms with Gasteiger partial charge in [0.2, 0.25) is 0 Å². The highest BCUT2D eigenvalue weighted by Crippen LogP contribution is 2.32. The van der Waals surface area contributed by atoms with Crippen molar-refractivity contribution in [3.63, 3.8) is 0 Å². The molecule has 0 unspecified atom stereocenters. The summed E-state index contributed by atoms with van der Waals surface area (Å²) in [5.74, 6) is 0.827. The zero-order chi connectivity index (χ0) is 10.4. The van der Waals surface area contributed by atoms with E-state index in [0.29, 0.717) is 0 Å². The number of nitrogens with zero attached hydrogens (tertiary/aromatic N) is 3. The second-order valence-corrected chi connectivity index (χ2v) is 5.90. The van der Waals surface area contributed by atoms with Crippen molar-refractivity contribution < 1.29 is 0 Å². The SMILES string of the molecule is Brc1c(I)ccc2c1nnn2CC1CC1. The van der Waals surface area contributed by atoms with Gasteiger partial charge in [-0.05, 0) is 69.4 Å². The highest BCUT2D eigenvalue weighted by atomic mass is 127. The molecule has 3 rings (SSSR count). The second kappa shape index (κ2) is 3.69. The van der Waals surface area contributed by atoms with Gasteiger partial charge in [0, 0.05) is 10.1 Å². The van der Waals surface area contributed by atoms with Crippen molar-refractivity contribution in [2.24, 2.45) is 5.92 Å². The monoisotopic (exact) mass is 377 g/mol. The van der Waals surface area contributed by atoms with E-state index in [4.69, 9.17) is 0 Å². The first kappa shape index (κ1) is 10.0. The molecule has 0 spiro atoms. The fraction of sp³-hybridized carbons (Fsp3) is 0.400. The molecule has 0 amide bonds. The molecule has 1 heterocycles. The van der Waals surface area contributed by atoms with Crippen LogP contribution in [0.15, 0.2) is 16.6 Å². The molecule has 0 bridgehead atoms. The lowest BCUT2D eigenvalue weighted by Crippen LogP contribution is -2.01. The van der Waals surface area contributed by atoms with E-state index in [1.807, 2.05) is 4.68 Å². The standard InChI is InChI=1S/C10H9BrIN3/c11-9-7(12)3-4-8-10(9)13-14-15(8)5-6-1-2-6/h3-4,6H,1-2,5H2. The summed E-state index contributed by atoms with van der Waals surface area (Å²) >= 11 is 5.85. The largest absolute Gasteiger partial charge is 0.244 e. The number of hydrogen-bond acceptors (Lipinski definition) is 2. The average molecular weight is 378 g/mol. The van der Waals surface area contributed by atoms with Gasteiger partial charge in [0.15, 0.2) is 0 Å². The van der Waals surface area contributed by atoms with Crippen molar-refractivity contribution in [3.05, 3.63) is 20.2 Å². The first-order chi connectivity index (χ1) is 7.25. The Morgan fingerprint density at radius 3 is 3.00 bits per heavy atom. The Morgan fingerprint density at radius 1 is 1.47 bits per heavy atom. The van der Waals surface area contributed by atoms with Gasteiger partial charge in [0.05, 0.1) is 9.99 Å². The summed E-state index contributed by atoms with van der Waals surface area (Å²) in [6.45, 7) is 1.02. The van der Waals surface area contributed by atoms with E-state index < -0.39 is 0 Å². The van der Waals surface area contributed by atoms with Crippen molar-refractivity contribution in [2.45, 2.75) is 19.4 Å². The lowest BCUT2D eigenvalue weighted by atomic mass is 10.3. The van der Waals surface area contributed by atoms with E-state index in [1.165, 1.54) is 16.4 Å². The van der Waals surface area contributed by atoms with Crippen molar-refractivity contribution in [1.29, 1.82) is 0 Å². The van der Waals surface area contributed by atoms with E-state index in [0.717, 1.165) is 28.0 Å². The van der Waals surface area contributed by atoms with Gasteiger partial charge in [0.1, 0.15) is 5.52 Å². The quantitative estimate of drug-likeness (QED) is 0.752. The van der Waals surface area contributed by atoms with E-state index >= 15 is 0 Å². The number of halogens is 2. The van der Waals surface area contributed by atoms with Crippen LogP contribution in [0.3, 0.4) is 0 Å². The van der Waals surface area contributed by atoms with Gasteiger partial charge >= 0.3 is 0 Å².